The number of rotatable bonds is 2. The molecule has 0 bridgehead atoms. The van der Waals surface area contributed by atoms with Gasteiger partial charge in [0, 0.05) is 12.0 Å². The summed E-state index contributed by atoms with van der Waals surface area (Å²) in [5.41, 5.74) is 5.78. The number of aryl methyl sites for hydroxylation is 2. The second-order valence-corrected chi connectivity index (χ2v) is 6.52. The van der Waals surface area contributed by atoms with Crippen molar-refractivity contribution in [2.75, 3.05) is 0 Å². The van der Waals surface area contributed by atoms with Crippen molar-refractivity contribution in [3.63, 3.8) is 0 Å². The van der Waals surface area contributed by atoms with Gasteiger partial charge in [0.05, 0.1) is 34.6 Å². The van der Waals surface area contributed by atoms with Gasteiger partial charge in [-0.25, -0.2) is 9.97 Å². The zero-order valence-electron chi connectivity index (χ0n) is 14.2. The number of hydrogen-bond donors (Lipinski definition) is 2. The minimum Gasteiger partial charge on any atom is -0.390 e. The highest BCUT2D eigenvalue weighted by Gasteiger charge is 2.32. The number of amides is 1. The molecule has 5 nitrogen and oxygen atoms in total. The van der Waals surface area contributed by atoms with Crippen LogP contribution in [0.1, 0.15) is 38.9 Å². The maximum atomic E-state index is 12.7. The molecule has 0 saturated carbocycles. The van der Waals surface area contributed by atoms with Crippen LogP contribution in [0, 0.1) is 13.8 Å². The number of fused-ring (bicyclic) bond motifs is 2. The van der Waals surface area contributed by atoms with E-state index in [2.05, 4.69) is 15.3 Å². The lowest BCUT2D eigenvalue weighted by Crippen LogP contribution is -2.33. The van der Waals surface area contributed by atoms with Gasteiger partial charge in [0.2, 0.25) is 0 Å². The van der Waals surface area contributed by atoms with Gasteiger partial charge in [0.25, 0.3) is 5.91 Å². The van der Waals surface area contributed by atoms with E-state index in [0.717, 1.165) is 28.0 Å². The average Bonchev–Trinajstić information content (AvgIpc) is 2.91. The van der Waals surface area contributed by atoms with Crippen molar-refractivity contribution in [3.05, 3.63) is 70.5 Å². The summed E-state index contributed by atoms with van der Waals surface area (Å²) in [5, 5.41) is 13.3. The van der Waals surface area contributed by atoms with E-state index in [4.69, 9.17) is 0 Å². The highest BCUT2D eigenvalue weighted by molar-refractivity contribution is 5.97. The van der Waals surface area contributed by atoms with Crippen molar-refractivity contribution < 1.29 is 9.90 Å². The monoisotopic (exact) mass is 333 g/mol. The third-order valence-corrected chi connectivity index (χ3v) is 4.83. The highest BCUT2D eigenvalue weighted by Crippen LogP contribution is 2.31. The summed E-state index contributed by atoms with van der Waals surface area (Å²) in [6, 6.07) is 12.7. The van der Waals surface area contributed by atoms with Crippen molar-refractivity contribution >= 4 is 16.9 Å². The first kappa shape index (κ1) is 15.7. The molecular weight excluding hydrogens is 314 g/mol. The van der Waals surface area contributed by atoms with Crippen molar-refractivity contribution in [3.8, 4) is 0 Å². The fourth-order valence-corrected chi connectivity index (χ4v) is 3.34. The molecular formula is C20H19N3O2. The number of aromatic nitrogens is 2. The van der Waals surface area contributed by atoms with Crippen LogP contribution < -0.4 is 5.32 Å². The van der Waals surface area contributed by atoms with Gasteiger partial charge in [-0.1, -0.05) is 24.3 Å². The molecule has 0 radical (unpaired) electrons. The maximum Gasteiger partial charge on any atom is 0.251 e. The molecule has 2 N–H and O–H groups in total. The smallest absolute Gasteiger partial charge is 0.251 e. The van der Waals surface area contributed by atoms with Crippen LogP contribution >= 0.6 is 0 Å². The predicted octanol–water partition coefficient (Wildman–Crippen LogP) is 2.63. The fourth-order valence-electron chi connectivity index (χ4n) is 3.34. The molecule has 25 heavy (non-hydrogen) atoms. The van der Waals surface area contributed by atoms with Crippen molar-refractivity contribution in [1.82, 2.24) is 15.3 Å². The van der Waals surface area contributed by atoms with Crippen LogP contribution in [0.2, 0.25) is 0 Å². The second-order valence-electron chi connectivity index (χ2n) is 6.52. The summed E-state index contributed by atoms with van der Waals surface area (Å²) in [7, 11) is 0. The summed E-state index contributed by atoms with van der Waals surface area (Å²) in [4.78, 5) is 21.7. The number of aliphatic hydroxyl groups is 1. The fraction of sp³-hybridized carbons (Fsp3) is 0.250. The predicted molar refractivity (Wildman–Crippen MR) is 95.4 cm³/mol. The first-order chi connectivity index (χ1) is 12.0. The minimum absolute atomic E-state index is 0.220. The van der Waals surface area contributed by atoms with Gasteiger partial charge in [0.1, 0.15) is 0 Å². The first-order valence-corrected chi connectivity index (χ1v) is 8.34. The Kier molecular flexibility index (Phi) is 3.73. The third kappa shape index (κ3) is 2.76. The number of nitrogens with one attached hydrogen (secondary N) is 1. The zero-order chi connectivity index (χ0) is 17.6. The number of nitrogens with zero attached hydrogens (tertiary/aromatic N) is 2. The summed E-state index contributed by atoms with van der Waals surface area (Å²) >= 11 is 0. The average molecular weight is 333 g/mol. The molecule has 1 amide bonds. The van der Waals surface area contributed by atoms with E-state index in [0.29, 0.717) is 17.5 Å². The van der Waals surface area contributed by atoms with Gasteiger partial charge in [-0.3, -0.25) is 4.79 Å². The molecule has 3 aromatic rings. The second kappa shape index (κ2) is 5.93. The van der Waals surface area contributed by atoms with Crippen LogP contribution in [0.3, 0.4) is 0 Å². The molecule has 5 heteroatoms. The number of benzene rings is 2. The van der Waals surface area contributed by atoms with E-state index in [1.165, 1.54) is 0 Å². The molecule has 126 valence electrons. The molecule has 2 atom stereocenters. The SMILES string of the molecule is Cc1nc2ccc(C(=O)N[C@@H]3c4ccccc4C[C@@H]3O)cc2nc1C. The van der Waals surface area contributed by atoms with Crippen LogP contribution in [-0.4, -0.2) is 27.1 Å². The Hall–Kier alpha value is -2.79. The summed E-state index contributed by atoms with van der Waals surface area (Å²) in [6.07, 6.45) is -0.0468. The van der Waals surface area contributed by atoms with Gasteiger partial charge in [0.15, 0.2) is 0 Å². The van der Waals surface area contributed by atoms with Gasteiger partial charge >= 0.3 is 0 Å². The van der Waals surface area contributed by atoms with Gasteiger partial charge in [-0.15, -0.1) is 0 Å². The number of hydrogen-bond acceptors (Lipinski definition) is 4. The van der Waals surface area contributed by atoms with Crippen LogP contribution in [-0.2, 0) is 6.42 Å². The van der Waals surface area contributed by atoms with Crippen LogP contribution in [0.5, 0.6) is 0 Å². The molecule has 0 fully saturated rings. The Morgan fingerprint density at radius 2 is 1.80 bits per heavy atom. The Bertz CT molecular complexity index is 984. The molecule has 2 aromatic carbocycles. The van der Waals surface area contributed by atoms with Crippen molar-refractivity contribution in [1.29, 1.82) is 0 Å². The molecule has 1 aromatic heterocycles. The Balaban J connectivity index is 1.63. The van der Waals surface area contributed by atoms with Gasteiger partial charge < -0.3 is 10.4 Å². The van der Waals surface area contributed by atoms with E-state index in [9.17, 15) is 9.90 Å². The van der Waals surface area contributed by atoms with E-state index in [-0.39, 0.29) is 11.9 Å². The topological polar surface area (TPSA) is 75.1 Å². The molecule has 1 aliphatic rings. The van der Waals surface area contributed by atoms with E-state index < -0.39 is 6.10 Å². The lowest BCUT2D eigenvalue weighted by Gasteiger charge is -2.18. The van der Waals surface area contributed by atoms with Crippen LogP contribution in [0.15, 0.2) is 42.5 Å². The maximum absolute atomic E-state index is 12.7. The van der Waals surface area contributed by atoms with Gasteiger partial charge in [-0.2, -0.15) is 0 Å². The van der Waals surface area contributed by atoms with E-state index in [1.54, 1.807) is 12.1 Å². The van der Waals surface area contributed by atoms with Gasteiger partial charge in [-0.05, 0) is 43.2 Å². The van der Waals surface area contributed by atoms with Crippen molar-refractivity contribution in [2.45, 2.75) is 32.4 Å². The largest absolute Gasteiger partial charge is 0.390 e. The highest BCUT2D eigenvalue weighted by atomic mass is 16.3. The molecule has 0 saturated heterocycles. The third-order valence-electron chi connectivity index (χ3n) is 4.83. The normalized spacial score (nSPS) is 19.0. The van der Waals surface area contributed by atoms with Crippen LogP contribution in [0.25, 0.3) is 11.0 Å². The van der Waals surface area contributed by atoms with Crippen LogP contribution in [0.4, 0.5) is 0 Å². The summed E-state index contributed by atoms with van der Waals surface area (Å²) in [5.74, 6) is -0.220. The lowest BCUT2D eigenvalue weighted by molar-refractivity contribution is 0.0858. The summed E-state index contributed by atoms with van der Waals surface area (Å²) in [6.45, 7) is 3.82. The molecule has 0 spiro atoms. The number of carbonyl (C=O) groups excluding carboxylic acids is 1. The summed E-state index contributed by atoms with van der Waals surface area (Å²) < 4.78 is 0. The molecule has 0 aliphatic heterocycles. The lowest BCUT2D eigenvalue weighted by atomic mass is 10.1. The first-order valence-electron chi connectivity index (χ1n) is 8.34. The molecule has 1 aliphatic carbocycles. The minimum atomic E-state index is -0.605. The molecule has 1 heterocycles. The quantitative estimate of drug-likeness (QED) is 0.756. The molecule has 0 unspecified atom stereocenters. The molecule has 4 rings (SSSR count). The Labute approximate surface area is 145 Å². The Morgan fingerprint density at radius 1 is 1.08 bits per heavy atom. The number of aliphatic hydroxyl groups excluding tert-OH is 1. The van der Waals surface area contributed by atoms with E-state index in [1.807, 2.05) is 44.2 Å². The number of carbonyl (C=O) groups is 1. The zero-order valence-corrected chi connectivity index (χ0v) is 14.2. The van der Waals surface area contributed by atoms with Crippen molar-refractivity contribution in [2.24, 2.45) is 0 Å². The standard InChI is InChI=1S/C20H19N3O2/c1-11-12(2)22-17-9-14(7-8-16(17)21-11)20(25)23-19-15-6-4-3-5-13(15)10-18(19)24/h3-9,18-19,24H,10H2,1-2H3,(H,23,25)/t18-,19+/m0/s1. The Morgan fingerprint density at radius 3 is 2.60 bits per heavy atom. The van der Waals surface area contributed by atoms with E-state index >= 15 is 0 Å².